The minimum atomic E-state index is -0.928. The Bertz CT molecular complexity index is 1360. The maximum Gasteiger partial charge on any atom is 0.251 e. The molecule has 0 radical (unpaired) electrons. The summed E-state index contributed by atoms with van der Waals surface area (Å²) in [4.78, 5) is 48.2. The van der Waals surface area contributed by atoms with Crippen LogP contribution in [0.5, 0.6) is 0 Å². The van der Waals surface area contributed by atoms with E-state index < -0.39 is 28.7 Å². The van der Waals surface area contributed by atoms with Gasteiger partial charge in [0.1, 0.15) is 6.04 Å². The summed E-state index contributed by atoms with van der Waals surface area (Å²) in [5.41, 5.74) is 1.71. The fourth-order valence-corrected chi connectivity index (χ4v) is 8.85. The van der Waals surface area contributed by atoms with E-state index in [2.05, 4.69) is 0 Å². The number of halogens is 1. The van der Waals surface area contributed by atoms with Crippen molar-refractivity contribution < 1.29 is 19.5 Å². The van der Waals surface area contributed by atoms with E-state index in [0.717, 1.165) is 5.56 Å². The van der Waals surface area contributed by atoms with E-state index in [1.54, 1.807) is 45.8 Å². The number of fused-ring (bicyclic) bond motifs is 2. The Morgan fingerprint density at radius 1 is 1.00 bits per heavy atom. The topological polar surface area (TPSA) is 81.2 Å². The van der Waals surface area contributed by atoms with Crippen LogP contribution in [-0.2, 0) is 20.9 Å². The van der Waals surface area contributed by atoms with Gasteiger partial charge in [-0.15, -0.1) is 11.8 Å². The number of hydrogen-bond donors (Lipinski definition) is 1. The predicted octanol–water partition coefficient (Wildman–Crippen LogP) is 3.91. The van der Waals surface area contributed by atoms with Crippen LogP contribution in [0.2, 0.25) is 5.02 Å². The number of amides is 3. The Labute approximate surface area is 243 Å². The summed E-state index contributed by atoms with van der Waals surface area (Å²) >= 11 is 7.67. The molecule has 0 saturated carbocycles. The third-order valence-corrected chi connectivity index (χ3v) is 10.6. The van der Waals surface area contributed by atoms with Crippen LogP contribution in [0.3, 0.4) is 0 Å². The Morgan fingerprint density at radius 3 is 2.45 bits per heavy atom. The average molecular weight is 578 g/mol. The molecule has 4 aliphatic rings. The van der Waals surface area contributed by atoms with Crippen molar-refractivity contribution in [3.63, 3.8) is 0 Å². The second kappa shape index (κ2) is 10.7. The first kappa shape index (κ1) is 27.1. The number of aliphatic hydroxyl groups is 1. The summed E-state index contributed by atoms with van der Waals surface area (Å²) in [6.45, 7) is 2.90. The monoisotopic (exact) mass is 577 g/mol. The second-order valence-corrected chi connectivity index (χ2v) is 12.7. The number of anilines is 1. The lowest BCUT2D eigenvalue weighted by Crippen LogP contribution is -2.56. The third kappa shape index (κ3) is 4.28. The predicted molar refractivity (Wildman–Crippen MR) is 157 cm³/mol. The Kier molecular flexibility index (Phi) is 7.27. The van der Waals surface area contributed by atoms with Gasteiger partial charge in [-0.25, -0.2) is 0 Å². The summed E-state index contributed by atoms with van der Waals surface area (Å²) in [5.74, 6) is -1.84. The van der Waals surface area contributed by atoms with Gasteiger partial charge in [-0.1, -0.05) is 73.2 Å². The number of rotatable bonds is 6. The highest BCUT2D eigenvalue weighted by molar-refractivity contribution is 8.02. The van der Waals surface area contributed by atoms with Crippen LogP contribution in [0.1, 0.15) is 18.9 Å². The molecular weight excluding hydrogens is 546 g/mol. The van der Waals surface area contributed by atoms with Gasteiger partial charge in [-0.2, -0.15) is 0 Å². The molecule has 0 bridgehead atoms. The molecule has 9 heteroatoms. The molecule has 2 fully saturated rings. The number of hydrogen-bond acceptors (Lipinski definition) is 5. The highest BCUT2D eigenvalue weighted by Crippen LogP contribution is 2.61. The number of carbonyl (C=O) groups is 3. The summed E-state index contributed by atoms with van der Waals surface area (Å²) in [5, 5.41) is 10.6. The molecule has 208 valence electrons. The number of carbonyl (C=O) groups excluding carboxylic acids is 3. The maximum absolute atomic E-state index is 14.5. The van der Waals surface area contributed by atoms with E-state index in [4.69, 9.17) is 11.6 Å². The van der Waals surface area contributed by atoms with Crippen molar-refractivity contribution in [1.82, 2.24) is 9.80 Å². The first-order chi connectivity index (χ1) is 19.4. The average Bonchev–Trinajstić information content (AvgIpc) is 3.28. The second-order valence-electron chi connectivity index (χ2n) is 10.8. The highest BCUT2D eigenvalue weighted by Gasteiger charge is 2.71. The first-order valence-corrected chi connectivity index (χ1v) is 15.0. The number of thioether (sulfide) groups is 1. The normalized spacial score (nSPS) is 30.2. The fourth-order valence-electron chi connectivity index (χ4n) is 6.73. The molecule has 1 N–H and O–H groups in total. The maximum atomic E-state index is 14.5. The van der Waals surface area contributed by atoms with Crippen LogP contribution >= 0.6 is 23.4 Å². The summed E-state index contributed by atoms with van der Waals surface area (Å²) in [6.07, 6.45) is 8.50. The van der Waals surface area contributed by atoms with Gasteiger partial charge < -0.3 is 19.8 Å². The molecule has 0 aliphatic carbocycles. The third-order valence-electron chi connectivity index (χ3n) is 8.61. The Morgan fingerprint density at radius 2 is 1.75 bits per heavy atom. The van der Waals surface area contributed by atoms with Gasteiger partial charge in [-0.05, 0) is 36.2 Å². The summed E-state index contributed by atoms with van der Waals surface area (Å²) in [6, 6.07) is 15.5. The largest absolute Gasteiger partial charge is 0.394 e. The molecule has 6 atom stereocenters. The number of benzene rings is 2. The zero-order valence-electron chi connectivity index (χ0n) is 22.2. The van der Waals surface area contributed by atoms with Crippen LogP contribution in [0.25, 0.3) is 0 Å². The first-order valence-electron chi connectivity index (χ1n) is 13.7. The van der Waals surface area contributed by atoms with Gasteiger partial charge in [0.2, 0.25) is 11.8 Å². The van der Waals surface area contributed by atoms with Crippen LogP contribution in [0, 0.1) is 11.8 Å². The minimum Gasteiger partial charge on any atom is -0.394 e. The van der Waals surface area contributed by atoms with Crippen molar-refractivity contribution in [2.45, 2.75) is 42.0 Å². The molecular formula is C31H32ClN3O4S. The molecule has 0 aromatic heterocycles. The summed E-state index contributed by atoms with van der Waals surface area (Å²) < 4.78 is -0.928. The van der Waals surface area contributed by atoms with Crippen molar-refractivity contribution in [3.8, 4) is 0 Å². The molecule has 4 heterocycles. The lowest BCUT2D eigenvalue weighted by atomic mass is 9.78. The van der Waals surface area contributed by atoms with E-state index in [1.807, 2.05) is 66.5 Å². The number of aliphatic hydroxyl groups excluding tert-OH is 1. The molecule has 6 rings (SSSR count). The van der Waals surface area contributed by atoms with Gasteiger partial charge in [-0.3, -0.25) is 14.4 Å². The molecule has 1 spiro atoms. The van der Waals surface area contributed by atoms with Gasteiger partial charge >= 0.3 is 0 Å². The van der Waals surface area contributed by atoms with Crippen molar-refractivity contribution in [2.24, 2.45) is 11.8 Å². The lowest BCUT2D eigenvalue weighted by molar-refractivity contribution is -0.145. The van der Waals surface area contributed by atoms with Gasteiger partial charge in [0.15, 0.2) is 0 Å². The number of likely N-dealkylation sites (tertiary alicyclic amines) is 1. The summed E-state index contributed by atoms with van der Waals surface area (Å²) in [7, 11) is 0. The van der Waals surface area contributed by atoms with Crippen molar-refractivity contribution in [1.29, 1.82) is 0 Å². The van der Waals surface area contributed by atoms with E-state index in [1.165, 1.54) is 0 Å². The quantitative estimate of drug-likeness (QED) is 0.527. The van der Waals surface area contributed by atoms with Crippen LogP contribution < -0.4 is 4.90 Å². The van der Waals surface area contributed by atoms with Gasteiger partial charge in [0, 0.05) is 35.6 Å². The molecule has 7 nitrogen and oxygen atoms in total. The molecule has 1 unspecified atom stereocenters. The van der Waals surface area contributed by atoms with Crippen molar-refractivity contribution in [3.05, 3.63) is 89.5 Å². The zero-order valence-corrected chi connectivity index (χ0v) is 23.8. The van der Waals surface area contributed by atoms with Crippen LogP contribution in [0.4, 0.5) is 5.69 Å². The zero-order chi connectivity index (χ0) is 28.0. The van der Waals surface area contributed by atoms with E-state index in [-0.39, 0.29) is 29.6 Å². The molecule has 2 aromatic carbocycles. The smallest absolute Gasteiger partial charge is 0.251 e. The number of nitrogens with zero attached hydrogens (tertiary/aromatic N) is 3. The van der Waals surface area contributed by atoms with Crippen molar-refractivity contribution >= 4 is 46.8 Å². The van der Waals surface area contributed by atoms with Crippen molar-refractivity contribution in [2.75, 3.05) is 24.6 Å². The molecule has 2 saturated heterocycles. The van der Waals surface area contributed by atoms with E-state index in [0.29, 0.717) is 36.8 Å². The molecule has 3 amide bonds. The van der Waals surface area contributed by atoms with Gasteiger partial charge in [0.25, 0.3) is 5.91 Å². The minimum absolute atomic E-state index is 0.0705. The lowest BCUT2D eigenvalue weighted by Gasteiger charge is -2.38. The fraction of sp³-hybridized carbons (Fsp3) is 0.387. The van der Waals surface area contributed by atoms with E-state index >= 15 is 0 Å². The molecule has 2 aromatic rings. The van der Waals surface area contributed by atoms with E-state index in [9.17, 15) is 19.5 Å². The Balaban J connectivity index is 1.42. The van der Waals surface area contributed by atoms with Crippen LogP contribution in [0.15, 0.2) is 78.9 Å². The Hall–Kier alpha value is -3.07. The van der Waals surface area contributed by atoms with Gasteiger partial charge in [0.05, 0.1) is 29.2 Å². The standard InChI is InChI=1S/C31H32ClN3O4S/c1-2-22(19-36)35-27-30(39)34(23-13-11-21(32)12-14-23)17-7-15-31(27)26(29(35)38)25-24(40-31)10-6-16-33(28(25)37)18-20-8-4-3-5-9-20/h3-15,22,24-27,36H,2,16-19H2,1H3/t22-,24-,25+,26-,27?,31-/m0/s1. The SMILES string of the molecule is CC[C@@H](CO)N1C(=O)[C@@H]2[C@@H]3C(=O)N(Cc4ccccc4)CC=C[C@@H]3S[C@@]23C=CCN(c2ccc(Cl)cc2)C(=O)C13. The highest BCUT2D eigenvalue weighted by atomic mass is 35.5. The molecule has 4 aliphatic heterocycles. The van der Waals surface area contributed by atoms with Crippen LogP contribution in [-0.4, -0.2) is 74.4 Å². The molecule has 40 heavy (non-hydrogen) atoms.